The number of anilines is 1. The first-order valence-corrected chi connectivity index (χ1v) is 13.0. The first-order chi connectivity index (χ1) is 17.0. The fourth-order valence-electron chi connectivity index (χ4n) is 4.53. The van der Waals surface area contributed by atoms with Gasteiger partial charge in [-0.3, -0.25) is 14.4 Å². The Labute approximate surface area is 210 Å². The van der Waals surface area contributed by atoms with Crippen molar-refractivity contribution in [3.8, 4) is 11.1 Å². The average Bonchev–Trinajstić information content (AvgIpc) is 3.35. The Morgan fingerprint density at radius 3 is 2.60 bits per heavy atom. The number of ether oxygens (including phenoxy) is 2. The average molecular weight is 500 g/mol. The standard InChI is InChI=1S/C26H33N3O5S/c1-3-34-26(32)20-10-7-11-29(17-20)23(30)18-27(2)24(31)22-16-21(19-8-5-4-6-9-19)25(35-22)28-12-14-33-15-13-28/h4-6,8-9,16,20H,3,7,10-15,17-18H2,1-2H3. The Morgan fingerprint density at radius 1 is 1.14 bits per heavy atom. The van der Waals surface area contributed by atoms with E-state index in [4.69, 9.17) is 9.47 Å². The van der Waals surface area contributed by atoms with E-state index in [1.807, 2.05) is 36.4 Å². The van der Waals surface area contributed by atoms with E-state index >= 15 is 0 Å². The van der Waals surface area contributed by atoms with Crippen LogP contribution in [0.25, 0.3) is 11.1 Å². The van der Waals surface area contributed by atoms with Crippen LogP contribution in [0.1, 0.15) is 29.4 Å². The smallest absolute Gasteiger partial charge is 0.310 e. The van der Waals surface area contributed by atoms with Crippen LogP contribution in [0.15, 0.2) is 36.4 Å². The maximum absolute atomic E-state index is 13.3. The summed E-state index contributed by atoms with van der Waals surface area (Å²) in [4.78, 5) is 44.5. The molecule has 2 amide bonds. The number of hydrogen-bond donors (Lipinski definition) is 0. The molecule has 2 aliphatic rings. The number of esters is 1. The van der Waals surface area contributed by atoms with E-state index < -0.39 is 0 Å². The summed E-state index contributed by atoms with van der Waals surface area (Å²) in [6, 6.07) is 12.0. The summed E-state index contributed by atoms with van der Waals surface area (Å²) in [5, 5.41) is 1.05. The molecule has 188 valence electrons. The van der Waals surface area contributed by atoms with Crippen LogP contribution in [-0.2, 0) is 19.1 Å². The zero-order valence-electron chi connectivity index (χ0n) is 20.4. The van der Waals surface area contributed by atoms with E-state index in [-0.39, 0.29) is 30.2 Å². The third kappa shape index (κ3) is 6.02. The number of likely N-dealkylation sites (N-methyl/N-ethyl adjacent to an activating group) is 1. The quantitative estimate of drug-likeness (QED) is 0.545. The Hall–Kier alpha value is -2.91. The van der Waals surface area contributed by atoms with Gasteiger partial charge in [-0.1, -0.05) is 30.3 Å². The molecule has 0 saturated carbocycles. The molecule has 0 radical (unpaired) electrons. The largest absolute Gasteiger partial charge is 0.466 e. The molecule has 0 bridgehead atoms. The van der Waals surface area contributed by atoms with Crippen molar-refractivity contribution in [1.82, 2.24) is 9.80 Å². The Morgan fingerprint density at radius 2 is 1.89 bits per heavy atom. The minimum absolute atomic E-state index is 0.0279. The summed E-state index contributed by atoms with van der Waals surface area (Å²) in [6.07, 6.45) is 1.47. The van der Waals surface area contributed by atoms with E-state index in [9.17, 15) is 14.4 Å². The third-order valence-electron chi connectivity index (χ3n) is 6.42. The highest BCUT2D eigenvalue weighted by Crippen LogP contribution is 2.39. The maximum Gasteiger partial charge on any atom is 0.310 e. The van der Waals surface area contributed by atoms with Crippen LogP contribution in [0.3, 0.4) is 0 Å². The highest BCUT2D eigenvalue weighted by molar-refractivity contribution is 7.18. The lowest BCUT2D eigenvalue weighted by Gasteiger charge is -2.32. The van der Waals surface area contributed by atoms with Crippen molar-refractivity contribution in [3.05, 3.63) is 41.3 Å². The van der Waals surface area contributed by atoms with Gasteiger partial charge in [-0.2, -0.15) is 0 Å². The molecule has 2 aromatic rings. The second-order valence-corrected chi connectivity index (χ2v) is 9.92. The van der Waals surface area contributed by atoms with Gasteiger partial charge >= 0.3 is 5.97 Å². The number of benzene rings is 1. The highest BCUT2D eigenvalue weighted by Gasteiger charge is 2.31. The van der Waals surface area contributed by atoms with Crippen LogP contribution in [-0.4, -0.2) is 87.2 Å². The molecular formula is C26H33N3O5S. The summed E-state index contributed by atoms with van der Waals surface area (Å²) in [5.41, 5.74) is 2.08. The SMILES string of the molecule is CCOC(=O)C1CCCN(C(=O)CN(C)C(=O)c2cc(-c3ccccc3)c(N3CCOCC3)s2)C1. The zero-order chi connectivity index (χ0) is 24.8. The molecule has 1 aromatic carbocycles. The summed E-state index contributed by atoms with van der Waals surface area (Å²) in [6.45, 7) is 5.89. The first-order valence-electron chi connectivity index (χ1n) is 12.2. The van der Waals surface area contributed by atoms with Gasteiger partial charge in [0.15, 0.2) is 0 Å². The molecule has 0 spiro atoms. The van der Waals surface area contributed by atoms with Crippen LogP contribution in [0.2, 0.25) is 0 Å². The van der Waals surface area contributed by atoms with Crippen molar-refractivity contribution < 1.29 is 23.9 Å². The van der Waals surface area contributed by atoms with Crippen LogP contribution >= 0.6 is 11.3 Å². The van der Waals surface area contributed by atoms with Crippen molar-refractivity contribution in [2.24, 2.45) is 5.92 Å². The maximum atomic E-state index is 13.3. The third-order valence-corrected chi connectivity index (χ3v) is 7.60. The zero-order valence-corrected chi connectivity index (χ0v) is 21.2. The highest BCUT2D eigenvalue weighted by atomic mass is 32.1. The van der Waals surface area contributed by atoms with Gasteiger partial charge in [0.2, 0.25) is 5.91 Å². The summed E-state index contributed by atoms with van der Waals surface area (Å²) >= 11 is 1.46. The Bertz CT molecular complexity index is 1030. The number of likely N-dealkylation sites (tertiary alicyclic amines) is 1. The van der Waals surface area contributed by atoms with Gasteiger partial charge in [0, 0.05) is 38.8 Å². The number of amides is 2. The van der Waals surface area contributed by atoms with E-state index in [1.165, 1.54) is 16.2 Å². The molecule has 0 aliphatic carbocycles. The molecule has 0 N–H and O–H groups in total. The molecular weight excluding hydrogens is 466 g/mol. The van der Waals surface area contributed by atoms with Crippen molar-refractivity contribution >= 4 is 34.1 Å². The summed E-state index contributed by atoms with van der Waals surface area (Å²) in [5.74, 6) is -0.880. The molecule has 2 saturated heterocycles. The lowest BCUT2D eigenvalue weighted by molar-refractivity contribution is -0.151. The predicted molar refractivity (Wildman–Crippen MR) is 136 cm³/mol. The number of hydrogen-bond acceptors (Lipinski definition) is 7. The number of thiophene rings is 1. The normalized spacial score (nSPS) is 18.3. The molecule has 1 unspecified atom stereocenters. The molecule has 1 atom stereocenters. The van der Waals surface area contributed by atoms with E-state index in [0.717, 1.165) is 42.1 Å². The van der Waals surface area contributed by atoms with E-state index in [1.54, 1.807) is 18.9 Å². The molecule has 1 aromatic heterocycles. The number of rotatable bonds is 7. The lowest BCUT2D eigenvalue weighted by Crippen LogP contribution is -2.47. The van der Waals surface area contributed by atoms with Gasteiger partial charge in [0.25, 0.3) is 5.91 Å². The lowest BCUT2D eigenvalue weighted by atomic mass is 9.98. The van der Waals surface area contributed by atoms with Crippen LogP contribution in [0.5, 0.6) is 0 Å². The predicted octanol–water partition coefficient (Wildman–Crippen LogP) is 3.13. The minimum atomic E-state index is -0.296. The first kappa shape index (κ1) is 25.2. The van der Waals surface area contributed by atoms with Crippen LogP contribution < -0.4 is 4.90 Å². The van der Waals surface area contributed by atoms with Crippen LogP contribution in [0.4, 0.5) is 5.00 Å². The van der Waals surface area contributed by atoms with Crippen molar-refractivity contribution in [3.63, 3.8) is 0 Å². The fraction of sp³-hybridized carbons (Fsp3) is 0.500. The number of nitrogens with zero attached hydrogens (tertiary/aromatic N) is 3. The summed E-state index contributed by atoms with van der Waals surface area (Å²) < 4.78 is 10.6. The van der Waals surface area contributed by atoms with Crippen molar-refractivity contribution in [2.75, 3.05) is 64.5 Å². The number of carbonyl (C=O) groups is 3. The van der Waals surface area contributed by atoms with E-state index in [0.29, 0.717) is 37.8 Å². The van der Waals surface area contributed by atoms with Crippen molar-refractivity contribution in [1.29, 1.82) is 0 Å². The molecule has 2 fully saturated rings. The van der Waals surface area contributed by atoms with Gasteiger partial charge in [-0.25, -0.2) is 0 Å². The second-order valence-electron chi connectivity index (χ2n) is 8.89. The van der Waals surface area contributed by atoms with Gasteiger partial charge in [-0.05, 0) is 31.4 Å². The van der Waals surface area contributed by atoms with Crippen LogP contribution in [0, 0.1) is 5.92 Å². The monoisotopic (exact) mass is 499 g/mol. The number of carbonyl (C=O) groups excluding carboxylic acids is 3. The minimum Gasteiger partial charge on any atom is -0.466 e. The fourth-order valence-corrected chi connectivity index (χ4v) is 5.76. The van der Waals surface area contributed by atoms with Gasteiger partial charge in [0.05, 0.1) is 42.2 Å². The number of piperidine rings is 1. The Balaban J connectivity index is 1.47. The van der Waals surface area contributed by atoms with E-state index in [2.05, 4.69) is 4.90 Å². The topological polar surface area (TPSA) is 79.4 Å². The molecule has 3 heterocycles. The van der Waals surface area contributed by atoms with Gasteiger partial charge in [-0.15, -0.1) is 11.3 Å². The molecule has 35 heavy (non-hydrogen) atoms. The molecule has 8 nitrogen and oxygen atoms in total. The molecule has 9 heteroatoms. The molecule has 2 aliphatic heterocycles. The number of morpholine rings is 1. The van der Waals surface area contributed by atoms with Gasteiger partial charge in [0.1, 0.15) is 0 Å². The second kappa shape index (κ2) is 11.7. The van der Waals surface area contributed by atoms with Gasteiger partial charge < -0.3 is 24.2 Å². The molecule has 4 rings (SSSR count). The summed E-state index contributed by atoms with van der Waals surface area (Å²) in [7, 11) is 1.66. The Kier molecular flexibility index (Phi) is 8.41. The van der Waals surface area contributed by atoms with Crippen molar-refractivity contribution in [2.45, 2.75) is 19.8 Å².